The van der Waals surface area contributed by atoms with Crippen molar-refractivity contribution in [1.82, 2.24) is 0 Å². The Morgan fingerprint density at radius 3 is 2.44 bits per heavy atom. The van der Waals surface area contributed by atoms with Gasteiger partial charge in [-0.15, -0.1) is 0 Å². The molecule has 0 amide bonds. The van der Waals surface area contributed by atoms with E-state index in [1.165, 1.54) is 5.56 Å². The lowest BCUT2D eigenvalue weighted by Crippen LogP contribution is -1.89. The second-order valence-corrected chi connectivity index (χ2v) is 5.29. The summed E-state index contributed by atoms with van der Waals surface area (Å²) >= 11 is 15.2. The summed E-state index contributed by atoms with van der Waals surface area (Å²) in [5, 5.41) is 1.85. The van der Waals surface area contributed by atoms with Gasteiger partial charge in [-0.3, -0.25) is 0 Å². The minimum atomic E-state index is 0.490. The monoisotopic (exact) mass is 344 g/mol. The normalized spacial score (nSPS) is 10.4. The van der Waals surface area contributed by atoms with Crippen LogP contribution in [0.4, 0.5) is 0 Å². The van der Waals surface area contributed by atoms with Crippen molar-refractivity contribution >= 4 is 39.1 Å². The second-order valence-electron chi connectivity index (χ2n) is 3.91. The highest BCUT2D eigenvalue weighted by molar-refractivity contribution is 9.08. The number of hydrogen-bond donors (Lipinski definition) is 0. The van der Waals surface area contributed by atoms with E-state index in [9.17, 15) is 0 Å². The molecule has 1 nitrogen and oxygen atoms in total. The summed E-state index contributed by atoms with van der Waals surface area (Å²) in [5.74, 6) is 1.50. The summed E-state index contributed by atoms with van der Waals surface area (Å²) in [6.07, 6.45) is 0. The number of aryl methyl sites for hydroxylation is 1. The molecule has 0 N–H and O–H groups in total. The molecule has 0 atom stereocenters. The zero-order chi connectivity index (χ0) is 13.1. The van der Waals surface area contributed by atoms with Crippen molar-refractivity contribution in [3.8, 4) is 11.5 Å². The summed E-state index contributed by atoms with van der Waals surface area (Å²) in [7, 11) is 0. The van der Waals surface area contributed by atoms with Gasteiger partial charge in [-0.05, 0) is 36.2 Å². The van der Waals surface area contributed by atoms with Crippen LogP contribution in [0.1, 0.15) is 11.1 Å². The highest BCUT2D eigenvalue weighted by atomic mass is 79.9. The average molecular weight is 346 g/mol. The number of benzene rings is 2. The molecule has 0 heterocycles. The smallest absolute Gasteiger partial charge is 0.130 e. The average Bonchev–Trinajstić information content (AvgIpc) is 2.36. The van der Waals surface area contributed by atoms with Gasteiger partial charge >= 0.3 is 0 Å². The van der Waals surface area contributed by atoms with Crippen molar-refractivity contribution in [2.75, 3.05) is 0 Å². The van der Waals surface area contributed by atoms with E-state index in [1.807, 2.05) is 19.1 Å². The summed E-state index contributed by atoms with van der Waals surface area (Å²) in [6.45, 7) is 2.01. The van der Waals surface area contributed by atoms with Crippen LogP contribution in [0, 0.1) is 6.92 Å². The fourth-order valence-electron chi connectivity index (χ4n) is 1.58. The van der Waals surface area contributed by atoms with Crippen LogP contribution in [0.3, 0.4) is 0 Å². The lowest BCUT2D eigenvalue weighted by Gasteiger charge is -2.10. The zero-order valence-corrected chi connectivity index (χ0v) is 12.8. The topological polar surface area (TPSA) is 9.23 Å². The highest BCUT2D eigenvalue weighted by Gasteiger charge is 2.05. The van der Waals surface area contributed by atoms with E-state index in [4.69, 9.17) is 27.9 Å². The van der Waals surface area contributed by atoms with Crippen molar-refractivity contribution < 1.29 is 4.74 Å². The maximum Gasteiger partial charge on any atom is 0.130 e. The van der Waals surface area contributed by atoms with Crippen LogP contribution in [0.5, 0.6) is 11.5 Å². The molecule has 0 saturated carbocycles. The van der Waals surface area contributed by atoms with Crippen molar-refractivity contribution in [3.63, 3.8) is 0 Å². The van der Waals surface area contributed by atoms with E-state index >= 15 is 0 Å². The largest absolute Gasteiger partial charge is 0.457 e. The van der Waals surface area contributed by atoms with Gasteiger partial charge in [0.05, 0.1) is 10.0 Å². The van der Waals surface area contributed by atoms with Gasteiger partial charge in [-0.2, -0.15) is 0 Å². The number of halogens is 3. The van der Waals surface area contributed by atoms with Crippen LogP contribution in [0.2, 0.25) is 10.0 Å². The van der Waals surface area contributed by atoms with Crippen LogP contribution in [-0.2, 0) is 5.33 Å². The van der Waals surface area contributed by atoms with Gasteiger partial charge < -0.3 is 4.74 Å². The van der Waals surface area contributed by atoms with E-state index in [0.717, 1.165) is 16.6 Å². The molecule has 0 aromatic heterocycles. The lowest BCUT2D eigenvalue weighted by molar-refractivity contribution is 0.479. The lowest BCUT2D eigenvalue weighted by atomic mass is 10.1. The molecule has 2 rings (SSSR count). The molecule has 0 unspecified atom stereocenters. The molecule has 0 spiro atoms. The second kappa shape index (κ2) is 5.96. The summed E-state index contributed by atoms with van der Waals surface area (Å²) < 4.78 is 5.79. The van der Waals surface area contributed by atoms with Gasteiger partial charge in [0.25, 0.3) is 0 Å². The van der Waals surface area contributed by atoms with E-state index in [-0.39, 0.29) is 0 Å². The SMILES string of the molecule is Cc1cc(CBr)ccc1Oc1ccc(Cl)c(Cl)c1. The van der Waals surface area contributed by atoms with E-state index < -0.39 is 0 Å². The van der Waals surface area contributed by atoms with E-state index in [0.29, 0.717) is 15.8 Å². The van der Waals surface area contributed by atoms with Gasteiger partial charge in [0.2, 0.25) is 0 Å². The Kier molecular flexibility index (Phi) is 4.55. The molecule has 0 radical (unpaired) electrons. The third-order valence-corrected chi connectivity index (χ3v) is 3.90. The van der Waals surface area contributed by atoms with Crippen molar-refractivity contribution in [2.24, 2.45) is 0 Å². The van der Waals surface area contributed by atoms with Crippen LogP contribution in [0.25, 0.3) is 0 Å². The van der Waals surface area contributed by atoms with Gasteiger partial charge in [-0.1, -0.05) is 51.3 Å². The number of hydrogen-bond acceptors (Lipinski definition) is 1. The Morgan fingerprint density at radius 1 is 1.06 bits per heavy atom. The maximum absolute atomic E-state index is 5.95. The van der Waals surface area contributed by atoms with E-state index in [1.54, 1.807) is 18.2 Å². The maximum atomic E-state index is 5.95. The molecule has 0 bridgehead atoms. The van der Waals surface area contributed by atoms with Crippen LogP contribution in [-0.4, -0.2) is 0 Å². The van der Waals surface area contributed by atoms with Crippen LogP contribution >= 0.6 is 39.1 Å². The molecule has 4 heteroatoms. The predicted octanol–water partition coefficient (Wildman–Crippen LogP) is 5.99. The summed E-state index contributed by atoms with van der Waals surface area (Å²) in [5.41, 5.74) is 2.30. The number of rotatable bonds is 3. The first-order valence-electron chi connectivity index (χ1n) is 5.38. The van der Waals surface area contributed by atoms with E-state index in [2.05, 4.69) is 22.0 Å². The fraction of sp³-hybridized carbons (Fsp3) is 0.143. The van der Waals surface area contributed by atoms with Crippen LogP contribution in [0.15, 0.2) is 36.4 Å². The van der Waals surface area contributed by atoms with Crippen molar-refractivity contribution in [3.05, 3.63) is 57.6 Å². The fourth-order valence-corrected chi connectivity index (χ4v) is 2.21. The van der Waals surface area contributed by atoms with Gasteiger partial charge in [0.1, 0.15) is 11.5 Å². The third kappa shape index (κ3) is 3.19. The first-order chi connectivity index (χ1) is 8.60. The summed E-state index contributed by atoms with van der Waals surface area (Å²) in [6, 6.07) is 11.3. The molecule has 0 saturated heterocycles. The quantitative estimate of drug-likeness (QED) is 0.621. The molecular formula is C14H11BrCl2O. The Hall–Kier alpha value is -0.700. The standard InChI is InChI=1S/C14H11BrCl2O/c1-9-6-10(8-15)2-5-14(9)18-11-3-4-12(16)13(17)7-11/h2-7H,8H2,1H3. The van der Waals surface area contributed by atoms with Gasteiger partial charge in [-0.25, -0.2) is 0 Å². The van der Waals surface area contributed by atoms with Crippen molar-refractivity contribution in [2.45, 2.75) is 12.3 Å². The molecule has 0 fully saturated rings. The summed E-state index contributed by atoms with van der Waals surface area (Å²) in [4.78, 5) is 0. The molecule has 0 aliphatic carbocycles. The third-order valence-electron chi connectivity index (χ3n) is 2.51. The Bertz CT molecular complexity index is 570. The Balaban J connectivity index is 2.25. The molecule has 2 aromatic carbocycles. The molecule has 2 aromatic rings. The zero-order valence-electron chi connectivity index (χ0n) is 9.71. The molecule has 0 aliphatic rings. The predicted molar refractivity (Wildman–Crippen MR) is 80.3 cm³/mol. The number of ether oxygens (including phenoxy) is 1. The van der Waals surface area contributed by atoms with Crippen LogP contribution < -0.4 is 4.74 Å². The highest BCUT2D eigenvalue weighted by Crippen LogP contribution is 2.31. The Labute approximate surface area is 125 Å². The number of alkyl halides is 1. The minimum absolute atomic E-state index is 0.490. The minimum Gasteiger partial charge on any atom is -0.457 e. The van der Waals surface area contributed by atoms with Crippen molar-refractivity contribution in [1.29, 1.82) is 0 Å². The van der Waals surface area contributed by atoms with Gasteiger partial charge in [0, 0.05) is 11.4 Å². The molecule has 18 heavy (non-hydrogen) atoms. The first-order valence-corrected chi connectivity index (χ1v) is 7.26. The molecule has 0 aliphatic heterocycles. The molecule has 94 valence electrons. The van der Waals surface area contributed by atoms with Gasteiger partial charge in [0.15, 0.2) is 0 Å². The molecular weight excluding hydrogens is 335 g/mol. The first kappa shape index (κ1) is 13.7. The Morgan fingerprint density at radius 2 is 1.83 bits per heavy atom.